The molecule has 0 amide bonds. The SMILES string of the molecule is CC1(C)O[C@@H]2[C@H](O1)[C@@H](CSc1ccccc1)O[C@H]2n1cnc2c(Cl)ncnc21. The molecular weight excluding hydrogens is 400 g/mol. The van der Waals surface area contributed by atoms with E-state index in [1.165, 1.54) is 11.2 Å². The zero-order chi connectivity index (χ0) is 19.3. The van der Waals surface area contributed by atoms with Crippen molar-refractivity contribution < 1.29 is 14.2 Å². The average molecular weight is 419 g/mol. The molecule has 0 unspecified atom stereocenters. The molecule has 4 atom stereocenters. The van der Waals surface area contributed by atoms with Crippen LogP contribution in [-0.4, -0.2) is 49.4 Å². The van der Waals surface area contributed by atoms with Gasteiger partial charge in [0.25, 0.3) is 0 Å². The Morgan fingerprint density at radius 3 is 2.71 bits per heavy atom. The molecular formula is C19H19ClN4O3S. The van der Waals surface area contributed by atoms with E-state index in [2.05, 4.69) is 27.1 Å². The highest BCUT2D eigenvalue weighted by Gasteiger charge is 2.56. The first-order valence-corrected chi connectivity index (χ1v) is 10.4. The van der Waals surface area contributed by atoms with E-state index in [0.29, 0.717) is 16.3 Å². The lowest BCUT2D eigenvalue weighted by Crippen LogP contribution is -2.31. The second-order valence-corrected chi connectivity index (χ2v) is 8.69. The van der Waals surface area contributed by atoms with Gasteiger partial charge in [-0.3, -0.25) is 4.57 Å². The Hall–Kier alpha value is -1.71. The van der Waals surface area contributed by atoms with Crippen LogP contribution in [0.4, 0.5) is 0 Å². The van der Waals surface area contributed by atoms with Gasteiger partial charge in [-0.15, -0.1) is 11.8 Å². The van der Waals surface area contributed by atoms with Gasteiger partial charge in [-0.1, -0.05) is 29.8 Å². The first-order valence-electron chi connectivity index (χ1n) is 9.04. The highest BCUT2D eigenvalue weighted by molar-refractivity contribution is 7.99. The Morgan fingerprint density at radius 1 is 1.11 bits per heavy atom. The second-order valence-electron chi connectivity index (χ2n) is 7.24. The van der Waals surface area contributed by atoms with Crippen molar-refractivity contribution in [3.05, 3.63) is 48.1 Å². The predicted octanol–water partition coefficient (Wildman–Crippen LogP) is 3.69. The van der Waals surface area contributed by atoms with Gasteiger partial charge in [-0.05, 0) is 26.0 Å². The number of rotatable bonds is 4. The Morgan fingerprint density at radius 2 is 1.89 bits per heavy atom. The second kappa shape index (κ2) is 6.96. The monoisotopic (exact) mass is 418 g/mol. The first-order chi connectivity index (χ1) is 13.5. The van der Waals surface area contributed by atoms with Crippen LogP contribution in [0.5, 0.6) is 0 Å². The van der Waals surface area contributed by atoms with Crippen molar-refractivity contribution in [1.82, 2.24) is 19.5 Å². The molecule has 4 heterocycles. The number of hydrogen-bond donors (Lipinski definition) is 0. The minimum Gasteiger partial charge on any atom is -0.348 e. The molecule has 0 saturated carbocycles. The van der Waals surface area contributed by atoms with E-state index in [9.17, 15) is 0 Å². The van der Waals surface area contributed by atoms with Crippen molar-refractivity contribution in [2.24, 2.45) is 0 Å². The summed E-state index contributed by atoms with van der Waals surface area (Å²) in [5, 5.41) is 0.318. The minimum atomic E-state index is -0.671. The van der Waals surface area contributed by atoms with Gasteiger partial charge in [0.2, 0.25) is 0 Å². The number of nitrogens with zero attached hydrogens (tertiary/aromatic N) is 4. The summed E-state index contributed by atoms with van der Waals surface area (Å²) in [4.78, 5) is 13.9. The highest BCUT2D eigenvalue weighted by Crippen LogP contribution is 2.45. The van der Waals surface area contributed by atoms with E-state index < -0.39 is 12.0 Å². The van der Waals surface area contributed by atoms with Crippen LogP contribution in [0.1, 0.15) is 20.1 Å². The molecule has 2 fully saturated rings. The lowest BCUT2D eigenvalue weighted by atomic mass is 10.1. The fourth-order valence-corrected chi connectivity index (χ4v) is 4.87. The maximum Gasteiger partial charge on any atom is 0.167 e. The Labute approximate surface area is 171 Å². The van der Waals surface area contributed by atoms with E-state index in [4.69, 9.17) is 25.8 Å². The number of fused-ring (bicyclic) bond motifs is 2. The number of ether oxygens (including phenoxy) is 3. The molecule has 2 saturated heterocycles. The summed E-state index contributed by atoms with van der Waals surface area (Å²) in [6.07, 6.45) is 2.14. The van der Waals surface area contributed by atoms with E-state index >= 15 is 0 Å². The summed E-state index contributed by atoms with van der Waals surface area (Å²) in [7, 11) is 0. The number of benzene rings is 1. The summed E-state index contributed by atoms with van der Waals surface area (Å²) in [6, 6.07) is 10.3. The third-order valence-corrected chi connectivity index (χ3v) is 6.25. The molecule has 0 bridgehead atoms. The standard InChI is InChI=1S/C19H19ClN4O3S/c1-19(2)26-14-12(8-28-11-6-4-3-5-7-11)25-18(15(14)27-19)24-10-23-13-16(20)21-9-22-17(13)24/h3-7,9-10,12,14-15,18H,8H2,1-2H3/t12-,14-,15-,18-/m1/s1. The van der Waals surface area contributed by atoms with Gasteiger partial charge in [-0.25, -0.2) is 15.0 Å². The molecule has 7 nitrogen and oxygen atoms in total. The van der Waals surface area contributed by atoms with Crippen LogP contribution < -0.4 is 0 Å². The van der Waals surface area contributed by atoms with Gasteiger partial charge in [0.15, 0.2) is 22.8 Å². The zero-order valence-corrected chi connectivity index (χ0v) is 16.9. The number of imidazole rings is 1. The topological polar surface area (TPSA) is 71.3 Å². The van der Waals surface area contributed by atoms with E-state index in [1.807, 2.05) is 36.6 Å². The smallest absolute Gasteiger partial charge is 0.167 e. The molecule has 146 valence electrons. The molecule has 2 aliphatic rings. The van der Waals surface area contributed by atoms with E-state index in [0.717, 1.165) is 5.75 Å². The first kappa shape index (κ1) is 18.3. The van der Waals surface area contributed by atoms with Crippen LogP contribution in [0.25, 0.3) is 11.2 Å². The lowest BCUT2D eigenvalue weighted by Gasteiger charge is -2.24. The molecule has 28 heavy (non-hydrogen) atoms. The maximum absolute atomic E-state index is 6.38. The summed E-state index contributed by atoms with van der Waals surface area (Å²) in [5.41, 5.74) is 1.16. The van der Waals surface area contributed by atoms with Crippen LogP contribution in [0.2, 0.25) is 5.15 Å². The van der Waals surface area contributed by atoms with Gasteiger partial charge in [0, 0.05) is 10.6 Å². The highest BCUT2D eigenvalue weighted by atomic mass is 35.5. The quantitative estimate of drug-likeness (QED) is 0.472. The summed E-state index contributed by atoms with van der Waals surface area (Å²) in [6.45, 7) is 3.85. The molecule has 0 aliphatic carbocycles. The maximum atomic E-state index is 6.38. The van der Waals surface area contributed by atoms with Crippen LogP contribution in [-0.2, 0) is 14.2 Å². The third-order valence-electron chi connectivity index (χ3n) is 4.87. The Kier molecular flexibility index (Phi) is 4.56. The molecule has 2 aliphatic heterocycles. The Balaban J connectivity index is 1.44. The Bertz CT molecular complexity index is 999. The lowest BCUT2D eigenvalue weighted by molar-refractivity contribution is -0.193. The van der Waals surface area contributed by atoms with E-state index in [-0.39, 0.29) is 18.3 Å². The van der Waals surface area contributed by atoms with Crippen molar-refractivity contribution in [2.75, 3.05) is 5.75 Å². The fourth-order valence-electron chi connectivity index (χ4n) is 3.72. The molecule has 2 aromatic heterocycles. The van der Waals surface area contributed by atoms with Crippen molar-refractivity contribution in [3.8, 4) is 0 Å². The summed E-state index contributed by atoms with van der Waals surface area (Å²) >= 11 is 7.89. The average Bonchev–Trinajstić information content (AvgIpc) is 3.33. The van der Waals surface area contributed by atoms with Crippen molar-refractivity contribution in [1.29, 1.82) is 0 Å². The van der Waals surface area contributed by atoms with Crippen LogP contribution in [0.3, 0.4) is 0 Å². The van der Waals surface area contributed by atoms with Gasteiger partial charge < -0.3 is 14.2 Å². The molecule has 0 N–H and O–H groups in total. The van der Waals surface area contributed by atoms with Crippen LogP contribution in [0, 0.1) is 0 Å². The fraction of sp³-hybridized carbons (Fsp3) is 0.421. The molecule has 5 rings (SSSR count). The minimum absolute atomic E-state index is 0.128. The third kappa shape index (κ3) is 3.19. The van der Waals surface area contributed by atoms with Crippen molar-refractivity contribution in [2.45, 2.75) is 49.1 Å². The molecule has 9 heteroatoms. The summed E-state index contributed by atoms with van der Waals surface area (Å²) < 4.78 is 20.6. The number of thioether (sulfide) groups is 1. The molecule has 3 aromatic rings. The van der Waals surface area contributed by atoms with Crippen LogP contribution >= 0.6 is 23.4 Å². The van der Waals surface area contributed by atoms with Gasteiger partial charge >= 0.3 is 0 Å². The van der Waals surface area contributed by atoms with Crippen molar-refractivity contribution in [3.63, 3.8) is 0 Å². The molecule has 0 spiro atoms. The largest absolute Gasteiger partial charge is 0.348 e. The van der Waals surface area contributed by atoms with Crippen LogP contribution in [0.15, 0.2) is 47.9 Å². The van der Waals surface area contributed by atoms with Gasteiger partial charge in [0.1, 0.15) is 24.1 Å². The van der Waals surface area contributed by atoms with Gasteiger partial charge in [0.05, 0.1) is 12.4 Å². The normalized spacial score (nSPS) is 28.7. The zero-order valence-electron chi connectivity index (χ0n) is 15.4. The van der Waals surface area contributed by atoms with Gasteiger partial charge in [-0.2, -0.15) is 0 Å². The molecule has 0 radical (unpaired) electrons. The predicted molar refractivity (Wildman–Crippen MR) is 105 cm³/mol. The van der Waals surface area contributed by atoms with Crippen molar-refractivity contribution >= 4 is 34.5 Å². The molecule has 1 aromatic carbocycles. The number of aromatic nitrogens is 4. The number of halogens is 1. The number of hydrogen-bond acceptors (Lipinski definition) is 7. The van der Waals surface area contributed by atoms with E-state index in [1.54, 1.807) is 18.1 Å². The summed E-state index contributed by atoms with van der Waals surface area (Å²) in [5.74, 6) is 0.0829.